The fourth-order valence-electron chi connectivity index (χ4n) is 3.84. The number of esters is 1. The second kappa shape index (κ2) is 12.3. The molecule has 7 heteroatoms. The van der Waals surface area contributed by atoms with Crippen molar-refractivity contribution in [3.63, 3.8) is 0 Å². The van der Waals surface area contributed by atoms with Crippen LogP contribution in [0, 0.1) is 0 Å². The van der Waals surface area contributed by atoms with Crippen molar-refractivity contribution in [3.8, 4) is 5.88 Å². The van der Waals surface area contributed by atoms with Crippen molar-refractivity contribution in [2.45, 2.75) is 84.8 Å². The highest BCUT2D eigenvalue weighted by Crippen LogP contribution is 2.32. The van der Waals surface area contributed by atoms with E-state index in [2.05, 4.69) is 42.6 Å². The fourth-order valence-corrected chi connectivity index (χ4v) is 4.37. The lowest BCUT2D eigenvalue weighted by Crippen LogP contribution is -2.56. The molecule has 0 aliphatic carbocycles. The summed E-state index contributed by atoms with van der Waals surface area (Å²) in [5.74, 6) is 0.569. The standard InChI is InChI=1S/C22H38N3O3S/c1-5-8-10-11-16-27-22-21(23-29-24-22)18-13-12-15-25(4,17-18)19(7-3)28-20(26)14-9-6-2/h13,19H,5-12,14-17H2,1-4H3/q+1. The molecule has 6 nitrogen and oxygen atoms in total. The van der Waals surface area contributed by atoms with Crippen LogP contribution in [-0.2, 0) is 9.53 Å². The molecule has 29 heavy (non-hydrogen) atoms. The van der Waals surface area contributed by atoms with Gasteiger partial charge in [-0.3, -0.25) is 9.28 Å². The zero-order valence-electron chi connectivity index (χ0n) is 18.6. The second-order valence-corrected chi connectivity index (χ2v) is 8.69. The van der Waals surface area contributed by atoms with Crippen molar-refractivity contribution in [2.75, 3.05) is 26.7 Å². The second-order valence-electron chi connectivity index (χ2n) is 8.16. The molecule has 2 rings (SSSR count). The molecular weight excluding hydrogens is 386 g/mol. The van der Waals surface area contributed by atoms with E-state index in [1.165, 1.54) is 31.0 Å². The Morgan fingerprint density at radius 1 is 1.17 bits per heavy atom. The van der Waals surface area contributed by atoms with Gasteiger partial charge < -0.3 is 9.47 Å². The van der Waals surface area contributed by atoms with E-state index < -0.39 is 0 Å². The Morgan fingerprint density at radius 3 is 2.69 bits per heavy atom. The van der Waals surface area contributed by atoms with Crippen molar-refractivity contribution in [1.29, 1.82) is 0 Å². The average Bonchev–Trinajstić information content (AvgIpc) is 3.18. The first kappa shape index (κ1) is 23.8. The van der Waals surface area contributed by atoms with Crippen molar-refractivity contribution in [3.05, 3.63) is 11.8 Å². The summed E-state index contributed by atoms with van der Waals surface area (Å²) in [6.07, 6.45) is 10.9. The van der Waals surface area contributed by atoms with E-state index in [1.807, 2.05) is 0 Å². The van der Waals surface area contributed by atoms with Gasteiger partial charge >= 0.3 is 5.97 Å². The van der Waals surface area contributed by atoms with Gasteiger partial charge in [0, 0.05) is 24.8 Å². The minimum atomic E-state index is -0.131. The third-order valence-corrected chi connectivity index (χ3v) is 6.12. The number of aromatic nitrogens is 2. The van der Waals surface area contributed by atoms with Crippen LogP contribution in [0.2, 0.25) is 0 Å². The number of nitrogens with zero attached hydrogens (tertiary/aromatic N) is 3. The van der Waals surface area contributed by atoms with Crippen molar-refractivity contribution in [2.24, 2.45) is 0 Å². The van der Waals surface area contributed by atoms with Gasteiger partial charge in [-0.05, 0) is 12.8 Å². The minimum Gasteiger partial charge on any atom is -0.475 e. The molecule has 0 N–H and O–H groups in total. The maximum absolute atomic E-state index is 12.2. The first-order chi connectivity index (χ1) is 14.0. The van der Waals surface area contributed by atoms with E-state index in [1.54, 1.807) is 0 Å². The normalized spacial score (nSPS) is 20.2. The molecule has 1 aromatic rings. The van der Waals surface area contributed by atoms with Crippen LogP contribution < -0.4 is 4.74 Å². The third kappa shape index (κ3) is 7.07. The summed E-state index contributed by atoms with van der Waals surface area (Å²) in [6.45, 7) is 8.80. The van der Waals surface area contributed by atoms with Crippen molar-refractivity contribution < 1.29 is 18.8 Å². The first-order valence-corrected chi connectivity index (χ1v) is 12.0. The molecule has 0 spiro atoms. The van der Waals surface area contributed by atoms with Crippen molar-refractivity contribution >= 4 is 23.3 Å². The van der Waals surface area contributed by atoms with Gasteiger partial charge in [-0.2, -0.15) is 4.37 Å². The van der Waals surface area contributed by atoms with Crippen LogP contribution in [0.5, 0.6) is 5.88 Å². The quantitative estimate of drug-likeness (QED) is 0.247. The number of hydrogen-bond donors (Lipinski definition) is 0. The van der Waals surface area contributed by atoms with E-state index in [9.17, 15) is 4.79 Å². The highest BCUT2D eigenvalue weighted by molar-refractivity contribution is 6.99. The molecule has 164 valence electrons. The lowest BCUT2D eigenvalue weighted by molar-refractivity contribution is -0.947. The summed E-state index contributed by atoms with van der Waals surface area (Å²) < 4.78 is 21.4. The van der Waals surface area contributed by atoms with Crippen LogP contribution in [-0.4, -0.2) is 52.2 Å². The molecule has 1 aliphatic heterocycles. The molecule has 2 unspecified atom stereocenters. The van der Waals surface area contributed by atoms with Gasteiger partial charge in [-0.15, -0.1) is 4.37 Å². The van der Waals surface area contributed by atoms with Gasteiger partial charge in [0.25, 0.3) is 5.88 Å². The van der Waals surface area contributed by atoms with Gasteiger partial charge in [-0.25, -0.2) is 0 Å². The van der Waals surface area contributed by atoms with Gasteiger partial charge in [0.15, 0.2) is 0 Å². The Hall–Kier alpha value is -1.47. The summed E-state index contributed by atoms with van der Waals surface area (Å²) >= 11 is 1.20. The molecule has 1 aliphatic rings. The number of carbonyl (C=O) groups is 1. The Labute approximate surface area is 180 Å². The Balaban J connectivity index is 2.01. The first-order valence-electron chi connectivity index (χ1n) is 11.2. The zero-order valence-corrected chi connectivity index (χ0v) is 19.4. The van der Waals surface area contributed by atoms with E-state index >= 15 is 0 Å². The summed E-state index contributed by atoms with van der Waals surface area (Å²) in [7, 11) is 2.18. The maximum atomic E-state index is 12.2. The maximum Gasteiger partial charge on any atom is 0.310 e. The molecule has 2 atom stereocenters. The summed E-state index contributed by atoms with van der Waals surface area (Å²) in [4.78, 5) is 12.2. The van der Waals surface area contributed by atoms with E-state index in [4.69, 9.17) is 9.47 Å². The van der Waals surface area contributed by atoms with Crippen molar-refractivity contribution in [1.82, 2.24) is 8.75 Å². The van der Waals surface area contributed by atoms with Crippen LogP contribution in [0.25, 0.3) is 5.57 Å². The largest absolute Gasteiger partial charge is 0.475 e. The lowest BCUT2D eigenvalue weighted by atomic mass is 10.0. The monoisotopic (exact) mass is 424 g/mol. The number of likely N-dealkylation sites (N-methyl/N-ethyl adjacent to an activating group) is 1. The Bertz CT molecular complexity index is 661. The van der Waals surface area contributed by atoms with Gasteiger partial charge in [0.1, 0.15) is 12.2 Å². The highest BCUT2D eigenvalue weighted by atomic mass is 32.1. The third-order valence-electron chi connectivity index (χ3n) is 5.61. The van der Waals surface area contributed by atoms with E-state index in [0.717, 1.165) is 56.5 Å². The molecule has 0 radical (unpaired) electrons. The fraction of sp³-hybridized carbons (Fsp3) is 0.773. The van der Waals surface area contributed by atoms with Crippen LogP contribution in [0.15, 0.2) is 6.08 Å². The lowest BCUT2D eigenvalue weighted by Gasteiger charge is -2.42. The Kier molecular flexibility index (Phi) is 10.1. The number of carbonyl (C=O) groups excluding carboxylic acids is 1. The molecule has 0 aromatic carbocycles. The number of rotatable bonds is 13. The van der Waals surface area contributed by atoms with E-state index in [-0.39, 0.29) is 12.2 Å². The minimum absolute atomic E-state index is 0.0828. The molecular formula is C22H38N3O3S+. The van der Waals surface area contributed by atoms with E-state index in [0.29, 0.717) is 23.4 Å². The number of quaternary nitrogens is 1. The summed E-state index contributed by atoms with van der Waals surface area (Å²) in [5, 5.41) is 0. The highest BCUT2D eigenvalue weighted by Gasteiger charge is 2.38. The molecule has 0 saturated heterocycles. The average molecular weight is 425 g/mol. The predicted octanol–water partition coefficient (Wildman–Crippen LogP) is 5.20. The molecule has 0 bridgehead atoms. The van der Waals surface area contributed by atoms with Gasteiger partial charge in [0.05, 0.1) is 31.9 Å². The smallest absolute Gasteiger partial charge is 0.310 e. The molecule has 2 heterocycles. The van der Waals surface area contributed by atoms with Gasteiger partial charge in [0.2, 0.25) is 6.23 Å². The van der Waals surface area contributed by atoms with Crippen LogP contribution in [0.3, 0.4) is 0 Å². The summed E-state index contributed by atoms with van der Waals surface area (Å²) in [6, 6.07) is 0. The molecule has 1 aromatic heterocycles. The zero-order chi connectivity index (χ0) is 21.1. The van der Waals surface area contributed by atoms with Crippen LogP contribution in [0.1, 0.15) is 84.3 Å². The van der Waals surface area contributed by atoms with Gasteiger partial charge in [-0.1, -0.05) is 52.5 Å². The van der Waals surface area contributed by atoms with Crippen LogP contribution >= 0.6 is 11.7 Å². The number of hydrogen-bond acceptors (Lipinski definition) is 6. The molecule has 0 amide bonds. The van der Waals surface area contributed by atoms with Crippen LogP contribution in [0.4, 0.5) is 0 Å². The molecule has 0 fully saturated rings. The Morgan fingerprint density at radius 2 is 1.97 bits per heavy atom. The summed E-state index contributed by atoms with van der Waals surface area (Å²) in [5.41, 5.74) is 2.01. The number of unbranched alkanes of at least 4 members (excludes halogenated alkanes) is 4. The SMILES string of the molecule is CCCCCCOc1nsnc1C1=CCC[N+](C)(C(CC)OC(=O)CCCC)C1. The molecule has 0 saturated carbocycles. The predicted molar refractivity (Wildman–Crippen MR) is 118 cm³/mol. The number of ether oxygens (including phenoxy) is 2. The topological polar surface area (TPSA) is 61.3 Å².